The predicted octanol–water partition coefficient (Wildman–Crippen LogP) is 2.30. The molecule has 0 unspecified atom stereocenters. The zero-order chi connectivity index (χ0) is 15.4. The average molecular weight is 327 g/mol. The number of nitrogens with zero attached hydrogens (tertiary/aromatic N) is 4. The maximum Gasteiger partial charge on any atom is 0.311 e. The van der Waals surface area contributed by atoms with Crippen molar-refractivity contribution in [3.05, 3.63) is 23.0 Å². The first-order valence-corrected chi connectivity index (χ1v) is 7.42. The summed E-state index contributed by atoms with van der Waals surface area (Å²) < 4.78 is 33.2. The summed E-state index contributed by atoms with van der Waals surface area (Å²) in [7, 11) is 0. The number of pyridine rings is 1. The Morgan fingerprint density at radius 1 is 1.41 bits per heavy atom. The van der Waals surface area contributed by atoms with Gasteiger partial charge in [0.2, 0.25) is 0 Å². The van der Waals surface area contributed by atoms with E-state index in [1.807, 2.05) is 0 Å². The van der Waals surface area contributed by atoms with Gasteiger partial charge in [-0.15, -0.1) is 0 Å². The quantitative estimate of drug-likeness (QED) is 0.594. The standard InChI is InChI=1S/C14H13ClF2N4O/c1-6-10-7(4-18-12(6)15)13(20-14(17)19-10)21-2-3-22-5-8-9(16)11(8)21/h4,8-9,11H,2-3,5H2,1H3/t8-,9-,11-/m0/s1. The second-order valence-corrected chi connectivity index (χ2v) is 5.98. The first-order chi connectivity index (χ1) is 10.6. The second kappa shape index (κ2) is 4.96. The van der Waals surface area contributed by atoms with Crippen molar-refractivity contribution in [1.29, 1.82) is 0 Å². The van der Waals surface area contributed by atoms with Crippen molar-refractivity contribution in [2.24, 2.45) is 5.92 Å². The summed E-state index contributed by atoms with van der Waals surface area (Å²) in [6, 6.07) is -0.323. The molecule has 116 valence electrons. The maximum absolute atomic E-state index is 13.9. The largest absolute Gasteiger partial charge is 0.379 e. The van der Waals surface area contributed by atoms with Crippen molar-refractivity contribution < 1.29 is 13.5 Å². The Morgan fingerprint density at radius 3 is 3.05 bits per heavy atom. The molecular formula is C14H13ClF2N4O. The van der Waals surface area contributed by atoms with Gasteiger partial charge in [-0.1, -0.05) is 11.6 Å². The molecule has 3 heterocycles. The SMILES string of the molecule is Cc1c(Cl)ncc2c(N3CCOC[C@H]4[C@H](F)[C@H]43)nc(F)nc12. The van der Waals surface area contributed by atoms with Crippen molar-refractivity contribution in [1.82, 2.24) is 15.0 Å². The Bertz CT molecular complexity index is 759. The second-order valence-electron chi connectivity index (χ2n) is 5.62. The lowest BCUT2D eigenvalue weighted by Gasteiger charge is -2.23. The molecule has 4 rings (SSSR count). The van der Waals surface area contributed by atoms with E-state index in [1.165, 1.54) is 6.20 Å². The van der Waals surface area contributed by atoms with Gasteiger partial charge in [0, 0.05) is 24.2 Å². The fourth-order valence-corrected chi connectivity index (χ4v) is 3.20. The van der Waals surface area contributed by atoms with E-state index in [-0.39, 0.29) is 17.1 Å². The number of alkyl halides is 1. The van der Waals surface area contributed by atoms with E-state index in [9.17, 15) is 8.78 Å². The third kappa shape index (κ3) is 2.03. The molecule has 0 spiro atoms. The van der Waals surface area contributed by atoms with E-state index in [2.05, 4.69) is 15.0 Å². The van der Waals surface area contributed by atoms with Gasteiger partial charge in [0.25, 0.3) is 0 Å². The molecule has 2 aromatic heterocycles. The summed E-state index contributed by atoms with van der Waals surface area (Å²) in [6.45, 7) is 3.01. The Kier molecular flexibility index (Phi) is 3.16. The van der Waals surface area contributed by atoms with Gasteiger partial charge in [0.1, 0.15) is 17.1 Å². The van der Waals surface area contributed by atoms with Gasteiger partial charge in [-0.3, -0.25) is 0 Å². The fourth-order valence-electron chi connectivity index (χ4n) is 3.06. The molecule has 1 saturated carbocycles. The Labute approximate surface area is 130 Å². The van der Waals surface area contributed by atoms with Gasteiger partial charge in [-0.05, 0) is 6.92 Å². The predicted molar refractivity (Wildman–Crippen MR) is 77.4 cm³/mol. The summed E-state index contributed by atoms with van der Waals surface area (Å²) >= 11 is 5.98. The van der Waals surface area contributed by atoms with Crippen LogP contribution in [0.15, 0.2) is 6.20 Å². The van der Waals surface area contributed by atoms with Crippen molar-refractivity contribution >= 4 is 28.3 Å². The molecule has 0 radical (unpaired) electrons. The van der Waals surface area contributed by atoms with E-state index >= 15 is 0 Å². The lowest BCUT2D eigenvalue weighted by molar-refractivity contribution is 0.130. The van der Waals surface area contributed by atoms with Crippen LogP contribution in [0.2, 0.25) is 5.15 Å². The minimum absolute atomic E-state index is 0.183. The molecule has 0 N–H and O–H groups in total. The van der Waals surface area contributed by atoms with Crippen LogP contribution in [-0.2, 0) is 4.74 Å². The zero-order valence-corrected chi connectivity index (χ0v) is 12.5. The molecule has 0 amide bonds. The van der Waals surface area contributed by atoms with Crippen LogP contribution in [0.4, 0.5) is 14.6 Å². The summed E-state index contributed by atoms with van der Waals surface area (Å²) in [5, 5.41) is 0.839. The molecule has 2 fully saturated rings. The molecule has 1 aliphatic carbocycles. The zero-order valence-electron chi connectivity index (χ0n) is 11.8. The smallest absolute Gasteiger partial charge is 0.311 e. The number of aromatic nitrogens is 3. The summed E-state index contributed by atoms with van der Waals surface area (Å²) in [5.74, 6) is 0.173. The van der Waals surface area contributed by atoms with Gasteiger partial charge >= 0.3 is 6.08 Å². The summed E-state index contributed by atoms with van der Waals surface area (Å²) in [4.78, 5) is 13.6. The van der Waals surface area contributed by atoms with Gasteiger partial charge in [-0.25, -0.2) is 14.4 Å². The van der Waals surface area contributed by atoms with E-state index in [0.717, 1.165) is 0 Å². The number of hydrogen-bond donors (Lipinski definition) is 0. The number of hydrogen-bond acceptors (Lipinski definition) is 5. The molecule has 22 heavy (non-hydrogen) atoms. The van der Waals surface area contributed by atoms with Crippen LogP contribution < -0.4 is 4.90 Å². The van der Waals surface area contributed by atoms with E-state index < -0.39 is 12.2 Å². The van der Waals surface area contributed by atoms with Gasteiger partial charge in [-0.2, -0.15) is 9.37 Å². The van der Waals surface area contributed by atoms with Crippen LogP contribution in [0.3, 0.4) is 0 Å². The van der Waals surface area contributed by atoms with Crippen LogP contribution in [-0.4, -0.2) is 46.9 Å². The van der Waals surface area contributed by atoms with Crippen LogP contribution in [0.5, 0.6) is 0 Å². The lowest BCUT2D eigenvalue weighted by atomic mass is 10.2. The number of ether oxygens (including phenoxy) is 1. The van der Waals surface area contributed by atoms with Crippen molar-refractivity contribution in [2.45, 2.75) is 19.1 Å². The number of aryl methyl sites for hydroxylation is 1. The number of halogens is 3. The third-order valence-electron chi connectivity index (χ3n) is 4.32. The third-order valence-corrected chi connectivity index (χ3v) is 4.70. The molecule has 3 atom stereocenters. The highest BCUT2D eigenvalue weighted by Gasteiger charge is 2.56. The Hall–Kier alpha value is -1.60. The first kappa shape index (κ1) is 14.0. The molecule has 2 aromatic rings. The molecule has 2 aliphatic rings. The summed E-state index contributed by atoms with van der Waals surface area (Å²) in [6.07, 6.45) is -0.323. The van der Waals surface area contributed by atoms with Gasteiger partial charge in [0.15, 0.2) is 0 Å². The molecule has 1 saturated heterocycles. The lowest BCUT2D eigenvalue weighted by Crippen LogP contribution is -2.31. The van der Waals surface area contributed by atoms with E-state index in [4.69, 9.17) is 16.3 Å². The van der Waals surface area contributed by atoms with Crippen LogP contribution >= 0.6 is 11.6 Å². The van der Waals surface area contributed by atoms with Crippen LogP contribution in [0.25, 0.3) is 10.9 Å². The van der Waals surface area contributed by atoms with E-state index in [0.29, 0.717) is 42.0 Å². The van der Waals surface area contributed by atoms with Gasteiger partial charge < -0.3 is 9.64 Å². The number of rotatable bonds is 1. The Balaban J connectivity index is 1.89. The van der Waals surface area contributed by atoms with Crippen molar-refractivity contribution in [2.75, 3.05) is 24.7 Å². The number of fused-ring (bicyclic) bond motifs is 2. The minimum Gasteiger partial charge on any atom is -0.379 e. The molecule has 5 nitrogen and oxygen atoms in total. The highest BCUT2D eigenvalue weighted by atomic mass is 35.5. The molecular weight excluding hydrogens is 314 g/mol. The maximum atomic E-state index is 13.9. The molecule has 1 aliphatic heterocycles. The van der Waals surface area contributed by atoms with Gasteiger partial charge in [0.05, 0.1) is 30.2 Å². The molecule has 0 bridgehead atoms. The number of anilines is 1. The van der Waals surface area contributed by atoms with E-state index in [1.54, 1.807) is 11.8 Å². The van der Waals surface area contributed by atoms with Crippen LogP contribution in [0, 0.1) is 18.9 Å². The summed E-state index contributed by atoms with van der Waals surface area (Å²) in [5.41, 5.74) is 0.984. The Morgan fingerprint density at radius 2 is 2.23 bits per heavy atom. The highest BCUT2D eigenvalue weighted by Crippen LogP contribution is 2.44. The fraction of sp³-hybridized carbons (Fsp3) is 0.500. The first-order valence-electron chi connectivity index (χ1n) is 7.04. The average Bonchev–Trinajstić information content (AvgIpc) is 3.18. The van der Waals surface area contributed by atoms with Crippen molar-refractivity contribution in [3.63, 3.8) is 0 Å². The normalized spacial score (nSPS) is 27.6. The molecule has 8 heteroatoms. The highest BCUT2D eigenvalue weighted by molar-refractivity contribution is 6.31. The molecule has 0 aromatic carbocycles. The topological polar surface area (TPSA) is 51.1 Å². The monoisotopic (exact) mass is 326 g/mol. The van der Waals surface area contributed by atoms with Crippen molar-refractivity contribution in [3.8, 4) is 0 Å². The minimum atomic E-state index is -0.977. The van der Waals surface area contributed by atoms with Crippen LogP contribution in [0.1, 0.15) is 5.56 Å².